The molecule has 1 unspecified atom stereocenters. The molecule has 0 spiro atoms. The average Bonchev–Trinajstić information content (AvgIpc) is 2.73. The van der Waals surface area contributed by atoms with E-state index in [1.54, 1.807) is 4.90 Å². The summed E-state index contributed by atoms with van der Waals surface area (Å²) in [6.07, 6.45) is 2.21. The molecule has 0 N–H and O–H groups in total. The molecule has 0 saturated carbocycles. The first-order chi connectivity index (χ1) is 13.9. The van der Waals surface area contributed by atoms with Crippen LogP contribution in [0.3, 0.4) is 0 Å². The van der Waals surface area contributed by atoms with Gasteiger partial charge < -0.3 is 4.90 Å². The molecule has 1 amide bonds. The number of halogens is 1. The Morgan fingerprint density at radius 3 is 2.28 bits per heavy atom. The molecule has 0 radical (unpaired) electrons. The van der Waals surface area contributed by atoms with Gasteiger partial charge in [-0.2, -0.15) is 4.31 Å². The standard InChI is InChI=1S/C22H25FN2O3S/c1-16-10-12-24(13-11-16)22(26)21-14-17-4-2-3-5-18(17)15-25(21)29(27,28)20-8-6-19(23)7-9-20/h2-9,16,21H,10-15H2,1H3. The topological polar surface area (TPSA) is 57.7 Å². The lowest BCUT2D eigenvalue weighted by Gasteiger charge is -2.39. The highest BCUT2D eigenvalue weighted by molar-refractivity contribution is 7.89. The van der Waals surface area contributed by atoms with E-state index in [-0.39, 0.29) is 17.3 Å². The second kappa shape index (κ2) is 7.88. The number of benzene rings is 2. The van der Waals surface area contributed by atoms with Crippen LogP contribution in [0.2, 0.25) is 0 Å². The van der Waals surface area contributed by atoms with Crippen LogP contribution in [0.4, 0.5) is 4.39 Å². The Morgan fingerprint density at radius 1 is 1.00 bits per heavy atom. The summed E-state index contributed by atoms with van der Waals surface area (Å²) >= 11 is 0. The van der Waals surface area contributed by atoms with Gasteiger partial charge in [0, 0.05) is 19.6 Å². The van der Waals surface area contributed by atoms with Gasteiger partial charge in [-0.05, 0) is 60.6 Å². The Labute approximate surface area is 171 Å². The predicted molar refractivity (Wildman–Crippen MR) is 108 cm³/mol. The molecule has 0 aliphatic carbocycles. The van der Waals surface area contributed by atoms with E-state index in [4.69, 9.17) is 0 Å². The number of amides is 1. The quantitative estimate of drug-likeness (QED) is 0.772. The van der Waals surface area contributed by atoms with Gasteiger partial charge in [-0.3, -0.25) is 4.79 Å². The van der Waals surface area contributed by atoms with Crippen LogP contribution >= 0.6 is 0 Å². The highest BCUT2D eigenvalue weighted by Crippen LogP contribution is 2.31. The summed E-state index contributed by atoms with van der Waals surface area (Å²) in [5.41, 5.74) is 1.90. The molecule has 154 valence electrons. The number of rotatable bonds is 3. The van der Waals surface area contributed by atoms with Gasteiger partial charge in [-0.15, -0.1) is 0 Å². The van der Waals surface area contributed by atoms with Crippen LogP contribution in [0.25, 0.3) is 0 Å². The van der Waals surface area contributed by atoms with Crippen LogP contribution in [-0.4, -0.2) is 42.7 Å². The third kappa shape index (κ3) is 3.94. The van der Waals surface area contributed by atoms with Crippen molar-refractivity contribution in [3.05, 3.63) is 65.5 Å². The number of hydrogen-bond donors (Lipinski definition) is 0. The van der Waals surface area contributed by atoms with Crippen LogP contribution in [0.1, 0.15) is 30.9 Å². The maximum absolute atomic E-state index is 13.4. The van der Waals surface area contributed by atoms with Crippen molar-refractivity contribution < 1.29 is 17.6 Å². The maximum atomic E-state index is 13.4. The molecule has 0 bridgehead atoms. The van der Waals surface area contributed by atoms with Crippen LogP contribution in [0.15, 0.2) is 53.4 Å². The first-order valence-electron chi connectivity index (χ1n) is 9.99. The van der Waals surface area contributed by atoms with E-state index in [0.717, 1.165) is 36.1 Å². The number of likely N-dealkylation sites (tertiary alicyclic amines) is 1. The zero-order valence-corrected chi connectivity index (χ0v) is 17.2. The fourth-order valence-electron chi connectivity index (χ4n) is 4.14. The van der Waals surface area contributed by atoms with Crippen molar-refractivity contribution in [2.45, 2.75) is 43.7 Å². The van der Waals surface area contributed by atoms with E-state index in [9.17, 15) is 17.6 Å². The molecule has 2 aromatic rings. The van der Waals surface area contributed by atoms with E-state index in [0.29, 0.717) is 25.4 Å². The lowest BCUT2D eigenvalue weighted by atomic mass is 9.93. The van der Waals surface area contributed by atoms with Crippen molar-refractivity contribution in [2.75, 3.05) is 13.1 Å². The summed E-state index contributed by atoms with van der Waals surface area (Å²) in [6, 6.07) is 11.6. The minimum Gasteiger partial charge on any atom is -0.341 e. The monoisotopic (exact) mass is 416 g/mol. The second-order valence-electron chi connectivity index (χ2n) is 8.00. The summed E-state index contributed by atoms with van der Waals surface area (Å²) in [4.78, 5) is 15.2. The molecule has 4 rings (SSSR count). The molecule has 1 fully saturated rings. The summed E-state index contributed by atoms with van der Waals surface area (Å²) in [7, 11) is -3.95. The normalized spacial score (nSPS) is 21.0. The Kier molecular flexibility index (Phi) is 5.44. The van der Waals surface area contributed by atoms with Gasteiger partial charge in [0.1, 0.15) is 11.9 Å². The van der Waals surface area contributed by atoms with Gasteiger partial charge >= 0.3 is 0 Å². The van der Waals surface area contributed by atoms with Crippen LogP contribution in [0, 0.1) is 11.7 Å². The first-order valence-corrected chi connectivity index (χ1v) is 11.4. The van der Waals surface area contributed by atoms with Crippen LogP contribution in [0.5, 0.6) is 0 Å². The summed E-state index contributed by atoms with van der Waals surface area (Å²) in [5.74, 6) is -0.0646. The number of piperidine rings is 1. The number of sulfonamides is 1. The SMILES string of the molecule is CC1CCN(C(=O)C2Cc3ccccc3CN2S(=O)(=O)c2ccc(F)cc2)CC1. The smallest absolute Gasteiger partial charge is 0.244 e. The third-order valence-corrected chi connectivity index (χ3v) is 7.87. The molecule has 0 aromatic heterocycles. The number of carbonyl (C=O) groups excluding carboxylic acids is 1. The highest BCUT2D eigenvalue weighted by atomic mass is 32.2. The van der Waals surface area contributed by atoms with Gasteiger partial charge in [-0.1, -0.05) is 31.2 Å². The third-order valence-electron chi connectivity index (χ3n) is 6.01. The maximum Gasteiger partial charge on any atom is 0.244 e. The van der Waals surface area contributed by atoms with Crippen LogP contribution in [-0.2, 0) is 27.8 Å². The lowest BCUT2D eigenvalue weighted by molar-refractivity contribution is -0.137. The predicted octanol–water partition coefficient (Wildman–Crippen LogP) is 3.20. The Bertz CT molecular complexity index is 999. The van der Waals surface area contributed by atoms with Gasteiger partial charge in [0.25, 0.3) is 0 Å². The largest absolute Gasteiger partial charge is 0.341 e. The van der Waals surface area contributed by atoms with Crippen LogP contribution < -0.4 is 0 Å². The van der Waals surface area contributed by atoms with E-state index < -0.39 is 21.9 Å². The Hall–Kier alpha value is -2.25. The fraction of sp³-hybridized carbons (Fsp3) is 0.409. The molecule has 2 aliphatic heterocycles. The Morgan fingerprint density at radius 2 is 1.62 bits per heavy atom. The molecule has 5 nitrogen and oxygen atoms in total. The minimum absolute atomic E-state index is 0.00310. The van der Waals surface area contributed by atoms with E-state index in [2.05, 4.69) is 6.92 Å². The number of hydrogen-bond acceptors (Lipinski definition) is 3. The number of nitrogens with zero attached hydrogens (tertiary/aromatic N) is 2. The van der Waals surface area contributed by atoms with E-state index in [1.807, 2.05) is 24.3 Å². The molecule has 2 heterocycles. The van der Waals surface area contributed by atoms with Crippen molar-refractivity contribution in [2.24, 2.45) is 5.92 Å². The second-order valence-corrected chi connectivity index (χ2v) is 9.89. The number of fused-ring (bicyclic) bond motifs is 1. The van der Waals surface area contributed by atoms with Crippen molar-refractivity contribution in [3.63, 3.8) is 0 Å². The molecule has 1 atom stereocenters. The number of carbonyl (C=O) groups is 1. The molecule has 1 saturated heterocycles. The zero-order valence-electron chi connectivity index (χ0n) is 16.4. The lowest BCUT2D eigenvalue weighted by Crippen LogP contribution is -2.54. The molecule has 2 aliphatic rings. The summed E-state index contributed by atoms with van der Waals surface area (Å²) < 4.78 is 41.4. The van der Waals surface area contributed by atoms with Gasteiger partial charge in [-0.25, -0.2) is 12.8 Å². The summed E-state index contributed by atoms with van der Waals surface area (Å²) in [5, 5.41) is 0. The Balaban J connectivity index is 1.70. The molecule has 29 heavy (non-hydrogen) atoms. The van der Waals surface area contributed by atoms with Crippen molar-refractivity contribution >= 4 is 15.9 Å². The molecule has 2 aromatic carbocycles. The van der Waals surface area contributed by atoms with Gasteiger partial charge in [0.2, 0.25) is 15.9 Å². The minimum atomic E-state index is -3.95. The molecular weight excluding hydrogens is 391 g/mol. The van der Waals surface area contributed by atoms with Crippen molar-refractivity contribution in [3.8, 4) is 0 Å². The van der Waals surface area contributed by atoms with Crippen molar-refractivity contribution in [1.82, 2.24) is 9.21 Å². The van der Waals surface area contributed by atoms with E-state index >= 15 is 0 Å². The average molecular weight is 417 g/mol. The van der Waals surface area contributed by atoms with E-state index in [1.165, 1.54) is 16.4 Å². The van der Waals surface area contributed by atoms with Crippen molar-refractivity contribution in [1.29, 1.82) is 0 Å². The van der Waals surface area contributed by atoms with Gasteiger partial charge in [0.15, 0.2) is 0 Å². The molecular formula is C22H25FN2O3S. The van der Waals surface area contributed by atoms with Gasteiger partial charge in [0.05, 0.1) is 4.90 Å². The first kappa shape index (κ1) is 20.0. The summed E-state index contributed by atoms with van der Waals surface area (Å²) in [6.45, 7) is 3.62. The molecule has 7 heteroatoms. The fourth-order valence-corrected chi connectivity index (χ4v) is 5.70. The highest BCUT2D eigenvalue weighted by Gasteiger charge is 2.41. The zero-order chi connectivity index (χ0) is 20.6.